The molecule has 2 aromatic rings. The van der Waals surface area contributed by atoms with Gasteiger partial charge >= 0.3 is 0 Å². The molecule has 1 heterocycles. The van der Waals surface area contributed by atoms with E-state index >= 15 is 0 Å². The van der Waals surface area contributed by atoms with Gasteiger partial charge in [0.15, 0.2) is 6.61 Å². The molecule has 1 amide bonds. The third-order valence-electron chi connectivity index (χ3n) is 5.28. The molecule has 5 rings (SSSR count). The van der Waals surface area contributed by atoms with Crippen LogP contribution in [0.4, 0.5) is 4.39 Å². The lowest BCUT2D eigenvalue weighted by Gasteiger charge is -2.71. The molecule has 1 unspecified atom stereocenters. The second-order valence-electron chi connectivity index (χ2n) is 7.43. The number of hydrogen-bond donors (Lipinski definition) is 3. The molecular formula is C18H20ClFN4O3. The summed E-state index contributed by atoms with van der Waals surface area (Å²) in [7, 11) is 1.77. The monoisotopic (exact) mass is 394 g/mol. The molecule has 0 saturated heterocycles. The number of carbonyl (C=O) groups excluding carboxylic acids is 1. The number of aliphatic hydroxyl groups is 1. The molecule has 1 atom stereocenters. The minimum Gasteiger partial charge on any atom is -0.484 e. The van der Waals surface area contributed by atoms with Gasteiger partial charge in [-0.2, -0.15) is 5.10 Å². The molecule has 0 aliphatic heterocycles. The van der Waals surface area contributed by atoms with Crippen molar-refractivity contribution in [1.82, 2.24) is 20.4 Å². The average molecular weight is 395 g/mol. The van der Waals surface area contributed by atoms with Crippen LogP contribution in [0.15, 0.2) is 30.5 Å². The first-order chi connectivity index (χ1) is 12.8. The first-order valence-electron chi connectivity index (χ1n) is 8.62. The molecule has 27 heavy (non-hydrogen) atoms. The van der Waals surface area contributed by atoms with Crippen LogP contribution in [0.25, 0.3) is 0 Å². The number of amides is 1. The number of aliphatic hydroxyl groups excluding tert-OH is 1. The van der Waals surface area contributed by atoms with Crippen LogP contribution in [-0.2, 0) is 11.8 Å². The minimum absolute atomic E-state index is 0.00628. The molecular weight excluding hydrogens is 375 g/mol. The Labute approximate surface area is 160 Å². The van der Waals surface area contributed by atoms with Gasteiger partial charge in [-0.15, -0.1) is 0 Å². The molecule has 1 aromatic carbocycles. The lowest BCUT2D eigenvalue weighted by molar-refractivity contribution is -0.151. The van der Waals surface area contributed by atoms with E-state index in [1.807, 2.05) is 0 Å². The van der Waals surface area contributed by atoms with Crippen molar-refractivity contribution in [2.45, 2.75) is 36.6 Å². The fourth-order valence-electron chi connectivity index (χ4n) is 4.14. The van der Waals surface area contributed by atoms with E-state index in [4.69, 9.17) is 16.3 Å². The second kappa shape index (κ2) is 6.47. The van der Waals surface area contributed by atoms with Gasteiger partial charge in [-0.3, -0.25) is 14.8 Å². The van der Waals surface area contributed by atoms with Crippen LogP contribution < -0.4 is 15.4 Å². The fourth-order valence-corrected chi connectivity index (χ4v) is 4.25. The Morgan fingerprint density at radius 1 is 1.41 bits per heavy atom. The molecule has 144 valence electrons. The van der Waals surface area contributed by atoms with Gasteiger partial charge in [-0.1, -0.05) is 11.6 Å². The van der Waals surface area contributed by atoms with Crippen LogP contribution in [-0.4, -0.2) is 38.5 Å². The first kappa shape index (κ1) is 18.2. The summed E-state index contributed by atoms with van der Waals surface area (Å²) in [4.78, 5) is 12.1. The lowest BCUT2D eigenvalue weighted by Crippen LogP contribution is -2.83. The normalized spacial score (nSPS) is 26.7. The Balaban J connectivity index is 1.24. The van der Waals surface area contributed by atoms with E-state index in [9.17, 15) is 14.3 Å². The Morgan fingerprint density at radius 2 is 2.15 bits per heavy atom. The van der Waals surface area contributed by atoms with Crippen molar-refractivity contribution in [1.29, 1.82) is 0 Å². The number of rotatable bonds is 7. The van der Waals surface area contributed by atoms with Crippen molar-refractivity contribution >= 4 is 17.5 Å². The van der Waals surface area contributed by atoms with E-state index in [0.29, 0.717) is 5.69 Å². The number of halogens is 2. The van der Waals surface area contributed by atoms with Crippen LogP contribution >= 0.6 is 11.6 Å². The fraction of sp³-hybridized carbons (Fsp3) is 0.444. The van der Waals surface area contributed by atoms with Crippen LogP contribution in [0.1, 0.15) is 31.2 Å². The van der Waals surface area contributed by atoms with Crippen LogP contribution in [0.3, 0.4) is 0 Å². The molecule has 3 saturated carbocycles. The van der Waals surface area contributed by atoms with Gasteiger partial charge < -0.3 is 15.2 Å². The maximum absolute atomic E-state index is 13.4. The zero-order valence-electron chi connectivity index (χ0n) is 14.7. The predicted octanol–water partition coefficient (Wildman–Crippen LogP) is 1.66. The zero-order valence-corrected chi connectivity index (χ0v) is 15.5. The van der Waals surface area contributed by atoms with Crippen molar-refractivity contribution in [2.75, 3.05) is 6.61 Å². The number of carbonyl (C=O) groups is 1. The van der Waals surface area contributed by atoms with Crippen molar-refractivity contribution < 1.29 is 19.0 Å². The Kier molecular flexibility index (Phi) is 4.37. The second-order valence-corrected chi connectivity index (χ2v) is 7.84. The smallest absolute Gasteiger partial charge is 0.258 e. The first-order valence-corrected chi connectivity index (χ1v) is 9.00. The van der Waals surface area contributed by atoms with E-state index in [2.05, 4.69) is 15.7 Å². The van der Waals surface area contributed by atoms with E-state index < -0.39 is 12.0 Å². The highest BCUT2D eigenvalue weighted by Gasteiger charge is 2.69. The molecule has 3 N–H and O–H groups in total. The van der Waals surface area contributed by atoms with Crippen LogP contribution in [0, 0.1) is 5.82 Å². The Bertz CT molecular complexity index is 867. The summed E-state index contributed by atoms with van der Waals surface area (Å²) in [6, 6.07) is 5.81. The van der Waals surface area contributed by atoms with Crippen molar-refractivity contribution in [3.8, 4) is 5.75 Å². The van der Waals surface area contributed by atoms with Crippen molar-refractivity contribution in [3.05, 3.63) is 47.0 Å². The van der Waals surface area contributed by atoms with E-state index in [1.165, 1.54) is 12.1 Å². The summed E-state index contributed by atoms with van der Waals surface area (Å²) in [5.74, 6) is -0.595. The molecule has 1 aromatic heterocycles. The molecule has 3 aliphatic carbocycles. The summed E-state index contributed by atoms with van der Waals surface area (Å²) in [5.41, 5.74) is 0.295. The number of aromatic nitrogens is 2. The quantitative estimate of drug-likeness (QED) is 0.622. The summed E-state index contributed by atoms with van der Waals surface area (Å²) in [6.07, 6.45) is 3.08. The molecule has 0 spiro atoms. The molecule has 0 radical (unpaired) electrons. The van der Waals surface area contributed by atoms with Gasteiger partial charge in [-0.25, -0.2) is 4.39 Å². The number of aryl methyl sites for hydroxylation is 1. The standard InChI is InChI=1S/C18H20ClFN4O3/c1-24-14(4-5-21-24)16(26)23-18-8-17(9-18,10-18)22-15(25)7-27-11-2-3-12(19)13(20)6-11/h2-6,16,23,26H,7-10H2,1H3,(H,22,25). The Hall–Kier alpha value is -2.16. The SMILES string of the molecule is Cn1nccc1C(O)NC12CC(NC(=O)COc3ccc(Cl)c(F)c3)(C1)C2. The van der Waals surface area contributed by atoms with Crippen molar-refractivity contribution in [2.24, 2.45) is 7.05 Å². The summed E-state index contributed by atoms with van der Waals surface area (Å²) in [6.45, 7) is -0.194. The number of benzene rings is 1. The maximum atomic E-state index is 13.4. The molecule has 7 nitrogen and oxygen atoms in total. The zero-order chi connectivity index (χ0) is 19.2. The Morgan fingerprint density at radius 3 is 2.78 bits per heavy atom. The number of hydrogen-bond acceptors (Lipinski definition) is 5. The molecule has 9 heteroatoms. The highest BCUT2D eigenvalue weighted by molar-refractivity contribution is 6.30. The van der Waals surface area contributed by atoms with Gasteiger partial charge in [0.1, 0.15) is 17.8 Å². The average Bonchev–Trinajstić information content (AvgIpc) is 2.99. The predicted molar refractivity (Wildman–Crippen MR) is 95.7 cm³/mol. The van der Waals surface area contributed by atoms with Gasteiger partial charge in [-0.05, 0) is 37.5 Å². The van der Waals surface area contributed by atoms with Gasteiger partial charge in [0.2, 0.25) is 0 Å². The highest BCUT2D eigenvalue weighted by Crippen LogP contribution is 2.60. The maximum Gasteiger partial charge on any atom is 0.258 e. The molecule has 2 bridgehead atoms. The van der Waals surface area contributed by atoms with Crippen molar-refractivity contribution in [3.63, 3.8) is 0 Å². The lowest BCUT2D eigenvalue weighted by atomic mass is 9.44. The minimum atomic E-state index is -0.797. The molecule has 3 aliphatic rings. The van der Waals surface area contributed by atoms with E-state index in [-0.39, 0.29) is 34.4 Å². The largest absolute Gasteiger partial charge is 0.484 e. The highest BCUT2D eigenvalue weighted by atomic mass is 35.5. The topological polar surface area (TPSA) is 88.4 Å². The van der Waals surface area contributed by atoms with Gasteiger partial charge in [0.05, 0.1) is 10.7 Å². The summed E-state index contributed by atoms with van der Waals surface area (Å²) in [5, 5.41) is 20.6. The van der Waals surface area contributed by atoms with Crippen LogP contribution in [0.5, 0.6) is 5.75 Å². The number of nitrogens with zero attached hydrogens (tertiary/aromatic N) is 2. The number of nitrogens with one attached hydrogen (secondary N) is 2. The number of ether oxygens (including phenoxy) is 1. The van der Waals surface area contributed by atoms with E-state index in [1.54, 1.807) is 24.0 Å². The summed E-state index contributed by atoms with van der Waals surface area (Å²) < 4.78 is 20.3. The van der Waals surface area contributed by atoms with Crippen LogP contribution in [0.2, 0.25) is 5.02 Å². The molecule has 3 fully saturated rings. The third-order valence-corrected chi connectivity index (χ3v) is 5.58. The van der Waals surface area contributed by atoms with Gasteiger partial charge in [0, 0.05) is 30.4 Å². The van der Waals surface area contributed by atoms with E-state index in [0.717, 1.165) is 25.3 Å². The summed E-state index contributed by atoms with van der Waals surface area (Å²) >= 11 is 5.61. The third kappa shape index (κ3) is 3.40. The van der Waals surface area contributed by atoms with Gasteiger partial charge in [0.25, 0.3) is 5.91 Å².